The van der Waals surface area contributed by atoms with Crippen LogP contribution in [0.2, 0.25) is 0 Å². The number of nitrogens with one attached hydrogen (secondary N) is 1. The predicted octanol–water partition coefficient (Wildman–Crippen LogP) is 3.20. The molecule has 5 rings (SSSR count). The maximum atomic E-state index is 13.0. The van der Waals surface area contributed by atoms with Gasteiger partial charge in [0.25, 0.3) is 0 Å². The number of hydrogen-bond acceptors (Lipinski definition) is 5. The lowest BCUT2D eigenvalue weighted by Crippen LogP contribution is -2.40. The van der Waals surface area contributed by atoms with Crippen LogP contribution in [0.25, 0.3) is 0 Å². The molecular formula is C27H29N5O. The van der Waals surface area contributed by atoms with Crippen LogP contribution in [0.4, 0.5) is 0 Å². The van der Waals surface area contributed by atoms with Gasteiger partial charge in [0.05, 0.1) is 24.4 Å². The Morgan fingerprint density at radius 1 is 1.12 bits per heavy atom. The number of aryl methyl sites for hydroxylation is 2. The minimum atomic E-state index is 0.0187. The zero-order valence-corrected chi connectivity index (χ0v) is 19.4. The average Bonchev–Trinajstić information content (AvgIpc) is 3.37. The Morgan fingerprint density at radius 3 is 2.79 bits per heavy atom. The largest absolute Gasteiger partial charge is 0.351 e. The zero-order chi connectivity index (χ0) is 22.9. The maximum absolute atomic E-state index is 13.0. The van der Waals surface area contributed by atoms with Crippen LogP contribution in [0.5, 0.6) is 0 Å². The number of aliphatic imine (C=N–C) groups is 1. The SMILES string of the molecule is Cc1cc(C2=NCc3cc(CC(=O)N[C@@H]4CN(C)C[C@H]4c4ccccc4C)ncc32)ccn1. The molecule has 2 aliphatic rings. The smallest absolute Gasteiger partial charge is 0.226 e. The van der Waals surface area contributed by atoms with E-state index in [9.17, 15) is 4.79 Å². The molecule has 0 saturated carbocycles. The second kappa shape index (κ2) is 8.87. The normalized spacial score (nSPS) is 19.9. The van der Waals surface area contributed by atoms with E-state index in [0.29, 0.717) is 12.5 Å². The molecule has 6 nitrogen and oxygen atoms in total. The molecule has 1 amide bonds. The van der Waals surface area contributed by atoms with Gasteiger partial charge in [-0.25, -0.2) is 0 Å². The lowest BCUT2D eigenvalue weighted by Gasteiger charge is -2.22. The first kappa shape index (κ1) is 21.5. The van der Waals surface area contributed by atoms with Crippen molar-refractivity contribution in [3.05, 3.63) is 94.1 Å². The van der Waals surface area contributed by atoms with Crippen LogP contribution in [0.3, 0.4) is 0 Å². The maximum Gasteiger partial charge on any atom is 0.226 e. The van der Waals surface area contributed by atoms with Gasteiger partial charge >= 0.3 is 0 Å². The Morgan fingerprint density at radius 2 is 1.97 bits per heavy atom. The van der Waals surface area contributed by atoms with Crippen LogP contribution in [-0.2, 0) is 17.8 Å². The van der Waals surface area contributed by atoms with Crippen molar-refractivity contribution in [1.29, 1.82) is 0 Å². The molecule has 0 spiro atoms. The summed E-state index contributed by atoms with van der Waals surface area (Å²) in [4.78, 5) is 28.8. The van der Waals surface area contributed by atoms with E-state index < -0.39 is 0 Å². The van der Waals surface area contributed by atoms with Gasteiger partial charge in [-0.15, -0.1) is 0 Å². The summed E-state index contributed by atoms with van der Waals surface area (Å²) in [5, 5.41) is 3.29. The van der Waals surface area contributed by atoms with Crippen LogP contribution in [0.1, 0.15) is 45.1 Å². The molecule has 2 aromatic heterocycles. The van der Waals surface area contributed by atoms with Crippen molar-refractivity contribution < 1.29 is 4.79 Å². The van der Waals surface area contributed by atoms with Crippen molar-refractivity contribution in [3.63, 3.8) is 0 Å². The molecule has 1 saturated heterocycles. The molecule has 2 atom stereocenters. The van der Waals surface area contributed by atoms with Gasteiger partial charge in [0.2, 0.25) is 5.91 Å². The second-order valence-electron chi connectivity index (χ2n) is 9.22. The first-order valence-electron chi connectivity index (χ1n) is 11.5. The number of aromatic nitrogens is 2. The van der Waals surface area contributed by atoms with Gasteiger partial charge in [-0.1, -0.05) is 24.3 Å². The lowest BCUT2D eigenvalue weighted by atomic mass is 9.91. The molecule has 1 fully saturated rings. The number of fused-ring (bicyclic) bond motifs is 1. The highest BCUT2D eigenvalue weighted by molar-refractivity contribution is 6.15. The van der Waals surface area contributed by atoms with Gasteiger partial charge in [-0.05, 0) is 55.8 Å². The van der Waals surface area contributed by atoms with Crippen LogP contribution in [-0.4, -0.2) is 52.7 Å². The number of carbonyl (C=O) groups excluding carboxylic acids is 1. The summed E-state index contributed by atoms with van der Waals surface area (Å²) in [6, 6.07) is 14.6. The number of nitrogens with zero attached hydrogens (tertiary/aromatic N) is 4. The zero-order valence-electron chi connectivity index (χ0n) is 19.4. The van der Waals surface area contributed by atoms with E-state index in [1.807, 2.05) is 37.5 Å². The standard InChI is InChI=1S/C27H29N5O/c1-17-6-4-5-7-22(17)24-15-32(3)16-25(24)31-26(33)12-21-11-20-13-30-27(23(20)14-29-21)19-8-9-28-18(2)10-19/h4-11,14,24-25H,12-13,15-16H2,1-3H3,(H,31,33)/t24-,25+/m0/s1. The number of benzene rings is 1. The van der Waals surface area contributed by atoms with Crippen molar-refractivity contribution in [3.8, 4) is 0 Å². The highest BCUT2D eigenvalue weighted by Gasteiger charge is 2.33. The molecule has 1 N–H and O–H groups in total. The number of rotatable bonds is 5. The minimum absolute atomic E-state index is 0.0187. The summed E-state index contributed by atoms with van der Waals surface area (Å²) in [5.74, 6) is 0.318. The predicted molar refractivity (Wildman–Crippen MR) is 130 cm³/mol. The van der Waals surface area contributed by atoms with Gasteiger partial charge in [-0.3, -0.25) is 19.8 Å². The topological polar surface area (TPSA) is 70.5 Å². The third kappa shape index (κ3) is 4.44. The van der Waals surface area contributed by atoms with Crippen LogP contribution < -0.4 is 5.32 Å². The van der Waals surface area contributed by atoms with Gasteiger partial charge in [-0.2, -0.15) is 0 Å². The number of hydrogen-bond donors (Lipinski definition) is 1. The Labute approximate surface area is 194 Å². The fourth-order valence-electron chi connectivity index (χ4n) is 5.06. The van der Waals surface area contributed by atoms with Crippen molar-refractivity contribution in [1.82, 2.24) is 20.2 Å². The minimum Gasteiger partial charge on any atom is -0.351 e. The Bertz CT molecular complexity index is 1230. The van der Waals surface area contributed by atoms with E-state index in [1.165, 1.54) is 11.1 Å². The third-order valence-electron chi connectivity index (χ3n) is 6.66. The quantitative estimate of drug-likeness (QED) is 0.663. The Kier molecular flexibility index (Phi) is 5.77. The first-order chi connectivity index (χ1) is 16.0. The van der Waals surface area contributed by atoms with Crippen LogP contribution in [0, 0.1) is 13.8 Å². The van der Waals surface area contributed by atoms with E-state index >= 15 is 0 Å². The van der Waals surface area contributed by atoms with Crippen molar-refractivity contribution in [2.24, 2.45) is 4.99 Å². The summed E-state index contributed by atoms with van der Waals surface area (Å²) in [5.41, 5.74) is 8.52. The highest BCUT2D eigenvalue weighted by atomic mass is 16.1. The molecule has 0 unspecified atom stereocenters. The van der Waals surface area contributed by atoms with E-state index in [-0.39, 0.29) is 18.4 Å². The Balaban J connectivity index is 1.28. The molecule has 0 bridgehead atoms. The molecular weight excluding hydrogens is 410 g/mol. The number of pyridine rings is 2. The fraction of sp³-hybridized carbons (Fsp3) is 0.333. The van der Waals surface area contributed by atoms with Gasteiger partial charge in [0.1, 0.15) is 0 Å². The number of likely N-dealkylation sites (N-methyl/N-ethyl adjacent to an activating group) is 1. The number of likely N-dealkylation sites (tertiary alicyclic amines) is 1. The summed E-state index contributed by atoms with van der Waals surface area (Å²) in [7, 11) is 2.11. The van der Waals surface area contributed by atoms with E-state index in [4.69, 9.17) is 4.99 Å². The van der Waals surface area contributed by atoms with Crippen LogP contribution in [0.15, 0.2) is 59.9 Å². The van der Waals surface area contributed by atoms with Gasteiger partial charge < -0.3 is 10.2 Å². The molecule has 33 heavy (non-hydrogen) atoms. The lowest BCUT2D eigenvalue weighted by molar-refractivity contribution is -0.121. The second-order valence-corrected chi connectivity index (χ2v) is 9.22. The van der Waals surface area contributed by atoms with E-state index in [2.05, 4.69) is 58.4 Å². The number of amides is 1. The molecule has 0 radical (unpaired) electrons. The molecule has 0 aliphatic carbocycles. The summed E-state index contributed by atoms with van der Waals surface area (Å²) >= 11 is 0. The molecule has 2 aliphatic heterocycles. The van der Waals surface area contributed by atoms with Crippen molar-refractivity contribution in [2.45, 2.75) is 38.8 Å². The Hall–Kier alpha value is -3.38. The van der Waals surface area contributed by atoms with E-state index in [1.54, 1.807) is 0 Å². The number of carbonyl (C=O) groups is 1. The fourth-order valence-corrected chi connectivity index (χ4v) is 5.06. The monoisotopic (exact) mass is 439 g/mol. The molecule has 3 aromatic rings. The average molecular weight is 440 g/mol. The van der Waals surface area contributed by atoms with Crippen molar-refractivity contribution in [2.75, 3.05) is 20.1 Å². The van der Waals surface area contributed by atoms with Gasteiger partial charge in [0.15, 0.2) is 0 Å². The molecule has 168 valence electrons. The van der Waals surface area contributed by atoms with E-state index in [0.717, 1.165) is 46.9 Å². The van der Waals surface area contributed by atoms with Crippen LogP contribution >= 0.6 is 0 Å². The van der Waals surface area contributed by atoms with Crippen molar-refractivity contribution >= 4 is 11.6 Å². The highest BCUT2D eigenvalue weighted by Crippen LogP contribution is 2.29. The third-order valence-corrected chi connectivity index (χ3v) is 6.66. The molecule has 6 heteroatoms. The summed E-state index contributed by atoms with van der Waals surface area (Å²) in [6.45, 7) is 6.54. The van der Waals surface area contributed by atoms with Gasteiger partial charge in [0, 0.05) is 54.3 Å². The first-order valence-corrected chi connectivity index (χ1v) is 11.5. The summed E-state index contributed by atoms with van der Waals surface area (Å²) < 4.78 is 0. The molecule has 1 aromatic carbocycles. The summed E-state index contributed by atoms with van der Waals surface area (Å²) in [6.07, 6.45) is 3.94. The molecule has 4 heterocycles.